The van der Waals surface area contributed by atoms with E-state index in [9.17, 15) is 14.7 Å². The predicted molar refractivity (Wildman–Crippen MR) is 161 cm³/mol. The summed E-state index contributed by atoms with van der Waals surface area (Å²) in [5, 5.41) is 14.2. The molecule has 0 saturated heterocycles. The maximum Gasteiger partial charge on any atom is 0.350 e. The van der Waals surface area contributed by atoms with Gasteiger partial charge in [0.05, 0.1) is 18.7 Å². The molecule has 1 N–H and O–H groups in total. The van der Waals surface area contributed by atoms with E-state index in [1.807, 2.05) is 60.9 Å². The Balaban J connectivity index is 1.30. The van der Waals surface area contributed by atoms with Gasteiger partial charge in [-0.2, -0.15) is 4.68 Å². The molecule has 0 unspecified atom stereocenters. The van der Waals surface area contributed by atoms with E-state index >= 15 is 0 Å². The van der Waals surface area contributed by atoms with Crippen LogP contribution in [0.15, 0.2) is 71.5 Å². The standard InChI is InChI=1S/C34H39N3O4/c1-3-41-31-21-18-27(22-28(31)23-33(38)39)26-16-14-25(15-17-26)8-7-11-32-35-37(30-19-12-24(2)13-20-30)34(40)36(32)29-9-5-4-6-10-29/h12-22,29H,3-11,23H2,1-2H3,(H,38,39). The molecule has 214 valence electrons. The highest BCUT2D eigenvalue weighted by atomic mass is 16.5. The number of aryl methyl sites for hydroxylation is 3. The van der Waals surface area contributed by atoms with Gasteiger partial charge in [0, 0.05) is 18.0 Å². The van der Waals surface area contributed by atoms with E-state index in [2.05, 4.69) is 24.3 Å². The number of ether oxygens (including phenoxy) is 1. The SMILES string of the molecule is CCOc1ccc(-c2ccc(CCCc3nn(-c4ccc(C)cc4)c(=O)n3C3CCCCC3)cc2)cc1CC(=O)O. The molecular formula is C34H39N3O4. The van der Waals surface area contributed by atoms with Crippen molar-refractivity contribution in [3.05, 3.63) is 99.7 Å². The zero-order chi connectivity index (χ0) is 28.8. The van der Waals surface area contributed by atoms with E-state index in [4.69, 9.17) is 9.84 Å². The third-order valence-corrected chi connectivity index (χ3v) is 7.95. The van der Waals surface area contributed by atoms with Crippen LogP contribution in [-0.4, -0.2) is 32.0 Å². The number of benzene rings is 3. The minimum atomic E-state index is -0.879. The van der Waals surface area contributed by atoms with Crippen molar-refractivity contribution in [3.63, 3.8) is 0 Å². The number of hydrogen-bond acceptors (Lipinski definition) is 4. The molecule has 1 saturated carbocycles. The molecule has 0 atom stereocenters. The Bertz CT molecular complexity index is 1530. The molecule has 0 spiro atoms. The molecule has 1 aromatic heterocycles. The molecule has 0 bridgehead atoms. The van der Waals surface area contributed by atoms with Crippen LogP contribution in [0.3, 0.4) is 0 Å². The van der Waals surface area contributed by atoms with Crippen molar-refractivity contribution in [1.82, 2.24) is 14.3 Å². The predicted octanol–water partition coefficient (Wildman–Crippen LogP) is 6.72. The summed E-state index contributed by atoms with van der Waals surface area (Å²) in [5.41, 5.74) is 5.83. The van der Waals surface area contributed by atoms with E-state index < -0.39 is 5.97 Å². The average Bonchev–Trinajstić information content (AvgIpc) is 3.30. The van der Waals surface area contributed by atoms with Crippen LogP contribution in [0.2, 0.25) is 0 Å². The van der Waals surface area contributed by atoms with Crippen molar-refractivity contribution < 1.29 is 14.6 Å². The minimum Gasteiger partial charge on any atom is -0.494 e. The Morgan fingerprint density at radius 2 is 1.66 bits per heavy atom. The summed E-state index contributed by atoms with van der Waals surface area (Å²) >= 11 is 0. The van der Waals surface area contributed by atoms with Gasteiger partial charge in [0.2, 0.25) is 0 Å². The highest BCUT2D eigenvalue weighted by molar-refractivity contribution is 5.74. The molecule has 5 rings (SSSR count). The first kappa shape index (κ1) is 28.4. The fraction of sp³-hybridized carbons (Fsp3) is 0.382. The quantitative estimate of drug-likeness (QED) is 0.223. The van der Waals surface area contributed by atoms with Crippen LogP contribution < -0.4 is 10.4 Å². The lowest BCUT2D eigenvalue weighted by atomic mass is 9.95. The zero-order valence-electron chi connectivity index (χ0n) is 24.0. The van der Waals surface area contributed by atoms with Crippen LogP contribution in [0.25, 0.3) is 16.8 Å². The lowest BCUT2D eigenvalue weighted by molar-refractivity contribution is -0.136. The van der Waals surface area contributed by atoms with Gasteiger partial charge in [-0.05, 0) is 80.5 Å². The second-order valence-electron chi connectivity index (χ2n) is 11.0. The third kappa shape index (κ3) is 6.79. The Hall–Kier alpha value is -4.13. The summed E-state index contributed by atoms with van der Waals surface area (Å²) in [5.74, 6) is 0.613. The molecule has 7 heteroatoms. The maximum atomic E-state index is 13.5. The van der Waals surface area contributed by atoms with Gasteiger partial charge in [-0.1, -0.05) is 67.3 Å². The molecule has 0 radical (unpaired) electrons. The summed E-state index contributed by atoms with van der Waals surface area (Å²) < 4.78 is 9.17. The number of rotatable bonds is 11. The van der Waals surface area contributed by atoms with E-state index in [1.165, 1.54) is 12.0 Å². The molecule has 1 heterocycles. The first-order valence-corrected chi connectivity index (χ1v) is 14.8. The first-order chi connectivity index (χ1) is 19.9. The molecule has 1 aliphatic rings. The fourth-order valence-corrected chi connectivity index (χ4v) is 5.82. The van der Waals surface area contributed by atoms with Crippen molar-refractivity contribution in [2.45, 2.75) is 77.7 Å². The highest BCUT2D eigenvalue weighted by Gasteiger charge is 2.23. The molecule has 41 heavy (non-hydrogen) atoms. The van der Waals surface area contributed by atoms with E-state index in [-0.39, 0.29) is 18.2 Å². The van der Waals surface area contributed by atoms with Gasteiger partial charge in [-0.25, -0.2) is 4.79 Å². The molecule has 0 aliphatic heterocycles. The summed E-state index contributed by atoms with van der Waals surface area (Å²) in [6.45, 7) is 4.42. The number of carbonyl (C=O) groups is 1. The zero-order valence-corrected chi connectivity index (χ0v) is 24.0. The summed E-state index contributed by atoms with van der Waals surface area (Å²) in [4.78, 5) is 24.9. The lowest BCUT2D eigenvalue weighted by Gasteiger charge is -2.23. The monoisotopic (exact) mass is 553 g/mol. The number of nitrogens with zero attached hydrogens (tertiary/aromatic N) is 3. The molecule has 7 nitrogen and oxygen atoms in total. The number of aliphatic carboxylic acids is 1. The third-order valence-electron chi connectivity index (χ3n) is 7.95. The minimum absolute atomic E-state index is 0.0299. The molecule has 3 aromatic carbocycles. The molecular weight excluding hydrogens is 514 g/mol. The van der Waals surface area contributed by atoms with Crippen molar-refractivity contribution in [1.29, 1.82) is 0 Å². The van der Waals surface area contributed by atoms with Gasteiger partial charge in [-0.3, -0.25) is 9.36 Å². The van der Waals surface area contributed by atoms with Crippen LogP contribution in [0.1, 0.15) is 74.0 Å². The molecule has 1 fully saturated rings. The van der Waals surface area contributed by atoms with Gasteiger partial charge in [0.25, 0.3) is 0 Å². The highest BCUT2D eigenvalue weighted by Crippen LogP contribution is 2.30. The summed E-state index contributed by atoms with van der Waals surface area (Å²) in [6.07, 6.45) is 8.06. The largest absolute Gasteiger partial charge is 0.494 e. The maximum absolute atomic E-state index is 13.5. The van der Waals surface area contributed by atoms with Crippen molar-refractivity contribution >= 4 is 5.97 Å². The molecule has 0 amide bonds. The van der Waals surface area contributed by atoms with E-state index in [0.29, 0.717) is 17.9 Å². The van der Waals surface area contributed by atoms with Gasteiger partial charge in [0.1, 0.15) is 11.6 Å². The van der Waals surface area contributed by atoms with Crippen LogP contribution in [-0.2, 0) is 24.1 Å². The van der Waals surface area contributed by atoms with Gasteiger partial charge in [0.15, 0.2) is 0 Å². The number of carboxylic acids is 1. The van der Waals surface area contributed by atoms with Crippen LogP contribution >= 0.6 is 0 Å². The lowest BCUT2D eigenvalue weighted by Crippen LogP contribution is -2.29. The smallest absolute Gasteiger partial charge is 0.350 e. The van der Waals surface area contributed by atoms with Crippen LogP contribution in [0.4, 0.5) is 0 Å². The fourth-order valence-electron chi connectivity index (χ4n) is 5.82. The van der Waals surface area contributed by atoms with Crippen molar-refractivity contribution in [2.75, 3.05) is 6.61 Å². The number of aromatic nitrogens is 3. The van der Waals surface area contributed by atoms with E-state index in [0.717, 1.165) is 73.1 Å². The van der Waals surface area contributed by atoms with Gasteiger partial charge >= 0.3 is 11.7 Å². The number of carboxylic acid groups (broad SMARTS) is 1. The Labute approximate surface area is 241 Å². The average molecular weight is 554 g/mol. The Kier molecular flexibility index (Phi) is 9.02. The van der Waals surface area contributed by atoms with Crippen LogP contribution in [0, 0.1) is 6.92 Å². The van der Waals surface area contributed by atoms with Gasteiger partial charge < -0.3 is 9.84 Å². The molecule has 4 aromatic rings. The normalized spacial score (nSPS) is 13.8. The Morgan fingerprint density at radius 3 is 2.34 bits per heavy atom. The van der Waals surface area contributed by atoms with Crippen LogP contribution in [0.5, 0.6) is 5.75 Å². The topological polar surface area (TPSA) is 86.4 Å². The summed E-state index contributed by atoms with van der Waals surface area (Å²) in [7, 11) is 0. The van der Waals surface area contributed by atoms with Crippen molar-refractivity contribution in [3.8, 4) is 22.6 Å². The Morgan fingerprint density at radius 1 is 0.951 bits per heavy atom. The second-order valence-corrected chi connectivity index (χ2v) is 11.0. The number of hydrogen-bond donors (Lipinski definition) is 1. The second kappa shape index (κ2) is 13.0. The first-order valence-electron chi connectivity index (χ1n) is 14.8. The summed E-state index contributed by atoms with van der Waals surface area (Å²) in [6, 6.07) is 22.4. The van der Waals surface area contributed by atoms with Crippen molar-refractivity contribution in [2.24, 2.45) is 0 Å². The molecule has 1 aliphatic carbocycles. The van der Waals surface area contributed by atoms with E-state index in [1.54, 1.807) is 4.68 Å². The van der Waals surface area contributed by atoms with Gasteiger partial charge in [-0.15, -0.1) is 5.10 Å².